The molecule has 0 fully saturated rings. The zero-order valence-electron chi connectivity index (χ0n) is 7.16. The highest BCUT2D eigenvalue weighted by atomic mass is 79.9. The third-order valence-corrected chi connectivity index (χ3v) is 2.58. The van der Waals surface area contributed by atoms with E-state index < -0.39 is 0 Å². The average molecular weight is 243 g/mol. The number of aldehydes is 1. The number of carbonyl (C=O) groups excluding carboxylic acids is 1. The molecular weight excluding hydrogens is 232 g/mol. The molecule has 0 aliphatic rings. The smallest absolute Gasteiger partial charge is 0.120 e. The third kappa shape index (κ3) is 2.94. The van der Waals surface area contributed by atoms with Crippen LogP contribution in [0.5, 0.6) is 0 Å². The molecule has 1 aromatic rings. The summed E-state index contributed by atoms with van der Waals surface area (Å²) < 4.78 is 0.901. The summed E-state index contributed by atoms with van der Waals surface area (Å²) in [5, 5.41) is 8.90. The first kappa shape index (κ1) is 10.4. The van der Waals surface area contributed by atoms with E-state index in [9.17, 15) is 4.79 Å². The maximum Gasteiger partial charge on any atom is 0.120 e. The zero-order chi connectivity index (χ0) is 9.68. The van der Waals surface area contributed by atoms with Crippen LogP contribution in [0, 0.1) is 0 Å². The summed E-state index contributed by atoms with van der Waals surface area (Å²) in [6.07, 6.45) is 2.21. The topological polar surface area (TPSA) is 37.3 Å². The van der Waals surface area contributed by atoms with Crippen LogP contribution in [-0.4, -0.2) is 11.4 Å². The van der Waals surface area contributed by atoms with Crippen molar-refractivity contribution in [1.29, 1.82) is 0 Å². The van der Waals surface area contributed by atoms with Crippen LogP contribution in [-0.2, 0) is 17.8 Å². The van der Waals surface area contributed by atoms with E-state index in [2.05, 4.69) is 15.9 Å². The average Bonchev–Trinajstić information content (AvgIpc) is 2.15. The van der Waals surface area contributed by atoms with Crippen molar-refractivity contribution in [3.63, 3.8) is 0 Å². The van der Waals surface area contributed by atoms with Gasteiger partial charge in [-0.15, -0.1) is 0 Å². The minimum Gasteiger partial charge on any atom is -0.392 e. The van der Waals surface area contributed by atoms with Crippen LogP contribution >= 0.6 is 15.9 Å². The van der Waals surface area contributed by atoms with Gasteiger partial charge >= 0.3 is 0 Å². The molecule has 0 saturated heterocycles. The quantitative estimate of drug-likeness (QED) is 0.822. The Morgan fingerprint density at radius 3 is 2.77 bits per heavy atom. The summed E-state index contributed by atoms with van der Waals surface area (Å²) in [4.78, 5) is 10.1. The molecule has 0 aromatic heterocycles. The highest BCUT2D eigenvalue weighted by Gasteiger charge is 1.99. The first-order valence-electron chi connectivity index (χ1n) is 4.09. The van der Waals surface area contributed by atoms with Crippen LogP contribution in [0.25, 0.3) is 0 Å². The van der Waals surface area contributed by atoms with Gasteiger partial charge in [0.25, 0.3) is 0 Å². The van der Waals surface area contributed by atoms with Gasteiger partial charge in [-0.05, 0) is 23.6 Å². The third-order valence-electron chi connectivity index (χ3n) is 1.84. The standard InChI is InChI=1S/C10H11BrO2/c11-10-6-8(2-1-5-12)3-4-9(10)7-13/h3-6,13H,1-2,7H2. The van der Waals surface area contributed by atoms with Crippen molar-refractivity contribution >= 4 is 22.2 Å². The fourth-order valence-electron chi connectivity index (χ4n) is 1.10. The Labute approximate surface area is 85.7 Å². The molecule has 1 aromatic carbocycles. The van der Waals surface area contributed by atoms with Crippen molar-refractivity contribution in [3.8, 4) is 0 Å². The van der Waals surface area contributed by atoms with E-state index in [0.29, 0.717) is 6.42 Å². The summed E-state index contributed by atoms with van der Waals surface area (Å²) in [6, 6.07) is 5.74. The second-order valence-electron chi connectivity index (χ2n) is 2.79. The van der Waals surface area contributed by atoms with Gasteiger partial charge in [-0.1, -0.05) is 28.1 Å². The second-order valence-corrected chi connectivity index (χ2v) is 3.64. The first-order valence-corrected chi connectivity index (χ1v) is 4.89. The number of carbonyl (C=O) groups is 1. The number of benzene rings is 1. The van der Waals surface area contributed by atoms with E-state index in [1.807, 2.05) is 18.2 Å². The molecule has 70 valence electrons. The van der Waals surface area contributed by atoms with Crippen molar-refractivity contribution < 1.29 is 9.90 Å². The molecule has 2 nitrogen and oxygen atoms in total. The largest absolute Gasteiger partial charge is 0.392 e. The Hall–Kier alpha value is -0.670. The Morgan fingerprint density at radius 1 is 1.46 bits per heavy atom. The van der Waals surface area contributed by atoms with Gasteiger partial charge in [-0.3, -0.25) is 0 Å². The fraction of sp³-hybridized carbons (Fsp3) is 0.300. The molecule has 0 atom stereocenters. The number of aliphatic hydroxyl groups excluding tert-OH is 1. The molecule has 0 amide bonds. The number of aryl methyl sites for hydroxylation is 1. The maximum atomic E-state index is 10.1. The Balaban J connectivity index is 2.76. The van der Waals surface area contributed by atoms with Crippen LogP contribution in [0.4, 0.5) is 0 Å². The first-order chi connectivity index (χ1) is 6.27. The van der Waals surface area contributed by atoms with E-state index in [0.717, 1.165) is 28.3 Å². The Bertz CT molecular complexity index is 297. The van der Waals surface area contributed by atoms with Gasteiger partial charge in [0.1, 0.15) is 6.29 Å². The van der Waals surface area contributed by atoms with Crippen molar-refractivity contribution in [1.82, 2.24) is 0 Å². The lowest BCUT2D eigenvalue weighted by atomic mass is 10.1. The van der Waals surface area contributed by atoms with Gasteiger partial charge in [0, 0.05) is 10.9 Å². The molecular formula is C10H11BrO2. The van der Waals surface area contributed by atoms with Gasteiger partial charge in [0.2, 0.25) is 0 Å². The molecule has 0 heterocycles. The van der Waals surface area contributed by atoms with Crippen LogP contribution < -0.4 is 0 Å². The minimum absolute atomic E-state index is 0.0363. The molecule has 0 spiro atoms. The van der Waals surface area contributed by atoms with Gasteiger partial charge in [0.15, 0.2) is 0 Å². The zero-order valence-corrected chi connectivity index (χ0v) is 8.75. The number of halogens is 1. The van der Waals surface area contributed by atoms with Crippen LogP contribution in [0.3, 0.4) is 0 Å². The molecule has 0 aliphatic carbocycles. The van der Waals surface area contributed by atoms with Gasteiger partial charge in [-0.25, -0.2) is 0 Å². The predicted octanol–water partition coefficient (Wildman–Crippen LogP) is 2.07. The maximum absolute atomic E-state index is 10.1. The molecule has 1 N–H and O–H groups in total. The summed E-state index contributed by atoms with van der Waals surface area (Å²) in [5.41, 5.74) is 1.98. The predicted molar refractivity (Wildman–Crippen MR) is 54.4 cm³/mol. The summed E-state index contributed by atoms with van der Waals surface area (Å²) in [7, 11) is 0. The molecule has 0 radical (unpaired) electrons. The number of rotatable bonds is 4. The van der Waals surface area contributed by atoms with E-state index in [4.69, 9.17) is 5.11 Å². The van der Waals surface area contributed by atoms with Crippen molar-refractivity contribution in [2.75, 3.05) is 0 Å². The highest BCUT2D eigenvalue weighted by molar-refractivity contribution is 9.10. The van der Waals surface area contributed by atoms with E-state index >= 15 is 0 Å². The van der Waals surface area contributed by atoms with Crippen LogP contribution in [0.15, 0.2) is 22.7 Å². The second kappa shape index (κ2) is 5.14. The Kier molecular flexibility index (Phi) is 4.12. The monoisotopic (exact) mass is 242 g/mol. The Morgan fingerprint density at radius 2 is 2.23 bits per heavy atom. The lowest BCUT2D eigenvalue weighted by molar-refractivity contribution is -0.107. The van der Waals surface area contributed by atoms with Crippen LogP contribution in [0.1, 0.15) is 17.5 Å². The summed E-state index contributed by atoms with van der Waals surface area (Å²) >= 11 is 3.35. The highest BCUT2D eigenvalue weighted by Crippen LogP contribution is 2.19. The van der Waals surface area contributed by atoms with E-state index in [-0.39, 0.29) is 6.61 Å². The van der Waals surface area contributed by atoms with Crippen molar-refractivity contribution in [3.05, 3.63) is 33.8 Å². The molecule has 0 aliphatic heterocycles. The molecule has 0 bridgehead atoms. The number of aliphatic hydroxyl groups is 1. The molecule has 1 rings (SSSR count). The molecule has 13 heavy (non-hydrogen) atoms. The van der Waals surface area contributed by atoms with Gasteiger partial charge < -0.3 is 9.90 Å². The summed E-state index contributed by atoms with van der Waals surface area (Å²) in [5.74, 6) is 0. The summed E-state index contributed by atoms with van der Waals surface area (Å²) in [6.45, 7) is 0.0363. The minimum atomic E-state index is 0.0363. The van der Waals surface area contributed by atoms with Crippen LogP contribution in [0.2, 0.25) is 0 Å². The number of hydrogen-bond acceptors (Lipinski definition) is 2. The van der Waals surface area contributed by atoms with Crippen molar-refractivity contribution in [2.24, 2.45) is 0 Å². The van der Waals surface area contributed by atoms with Gasteiger partial charge in [0.05, 0.1) is 6.61 Å². The van der Waals surface area contributed by atoms with Gasteiger partial charge in [-0.2, -0.15) is 0 Å². The lowest BCUT2D eigenvalue weighted by Gasteiger charge is -2.03. The SMILES string of the molecule is O=CCCc1ccc(CO)c(Br)c1. The van der Waals surface area contributed by atoms with Crippen molar-refractivity contribution in [2.45, 2.75) is 19.4 Å². The fourth-order valence-corrected chi connectivity index (χ4v) is 1.65. The van der Waals surface area contributed by atoms with E-state index in [1.165, 1.54) is 0 Å². The lowest BCUT2D eigenvalue weighted by Crippen LogP contribution is -1.90. The molecule has 0 unspecified atom stereocenters. The molecule has 0 saturated carbocycles. The number of hydrogen-bond donors (Lipinski definition) is 1. The normalized spacial score (nSPS) is 10.0. The van der Waals surface area contributed by atoms with E-state index in [1.54, 1.807) is 0 Å². The molecule has 3 heteroatoms.